The van der Waals surface area contributed by atoms with E-state index < -0.39 is 10.8 Å². The van der Waals surface area contributed by atoms with Gasteiger partial charge in [-0.1, -0.05) is 38.5 Å². The molecule has 0 radical (unpaired) electrons. The molecule has 102 valence electrons. The number of hydrogen-bond acceptors (Lipinski definition) is 2. The van der Waals surface area contributed by atoms with Gasteiger partial charge in [-0.2, -0.15) is 0 Å². The third-order valence-electron chi connectivity index (χ3n) is 3.18. The molecule has 0 saturated carbocycles. The minimum atomic E-state index is -0.918. The van der Waals surface area contributed by atoms with Crippen LogP contribution in [0, 0.1) is 19.8 Å². The lowest BCUT2D eigenvalue weighted by Gasteiger charge is -2.21. The molecule has 2 atom stereocenters. The smallest absolute Gasteiger partial charge is 0.0548 e. The SMILES string of the molecule is CCNC(CS(=O)c1ccc(C)cc1C)C(C)C. The van der Waals surface area contributed by atoms with Crippen molar-refractivity contribution in [1.29, 1.82) is 0 Å². The molecule has 0 amide bonds. The first-order chi connectivity index (χ1) is 8.45. The summed E-state index contributed by atoms with van der Waals surface area (Å²) in [5.74, 6) is 1.19. The standard InChI is InChI=1S/C15H25NOS/c1-6-16-14(11(2)3)10-18(17)15-8-7-12(4)9-13(15)5/h7-9,11,14,16H,6,10H2,1-5H3. The zero-order valence-electron chi connectivity index (χ0n) is 12.1. The predicted molar refractivity (Wildman–Crippen MR) is 79.5 cm³/mol. The van der Waals surface area contributed by atoms with Crippen LogP contribution in [0.25, 0.3) is 0 Å². The average Bonchev–Trinajstić information content (AvgIpc) is 2.27. The molecule has 1 aromatic carbocycles. The van der Waals surface area contributed by atoms with Crippen LogP contribution in [-0.4, -0.2) is 22.5 Å². The van der Waals surface area contributed by atoms with Crippen molar-refractivity contribution in [3.05, 3.63) is 29.3 Å². The molecule has 0 bridgehead atoms. The second kappa shape index (κ2) is 7.05. The van der Waals surface area contributed by atoms with Crippen molar-refractivity contribution < 1.29 is 4.21 Å². The first kappa shape index (κ1) is 15.4. The van der Waals surface area contributed by atoms with Crippen LogP contribution in [0.2, 0.25) is 0 Å². The van der Waals surface area contributed by atoms with Crippen LogP contribution in [0.15, 0.2) is 23.1 Å². The molecule has 18 heavy (non-hydrogen) atoms. The van der Waals surface area contributed by atoms with E-state index >= 15 is 0 Å². The molecule has 0 aliphatic carbocycles. The summed E-state index contributed by atoms with van der Waals surface area (Å²) in [6.07, 6.45) is 0. The topological polar surface area (TPSA) is 29.1 Å². The minimum absolute atomic E-state index is 0.316. The van der Waals surface area contributed by atoms with Gasteiger partial charge in [0.1, 0.15) is 0 Å². The maximum Gasteiger partial charge on any atom is 0.0548 e. The van der Waals surface area contributed by atoms with Gasteiger partial charge in [0, 0.05) is 16.7 Å². The number of rotatable bonds is 6. The Labute approximate surface area is 114 Å². The summed E-state index contributed by atoms with van der Waals surface area (Å²) < 4.78 is 12.4. The van der Waals surface area contributed by atoms with E-state index in [1.807, 2.05) is 19.1 Å². The number of nitrogens with one attached hydrogen (secondary N) is 1. The predicted octanol–water partition coefficient (Wildman–Crippen LogP) is 3.05. The largest absolute Gasteiger partial charge is 0.313 e. The summed E-state index contributed by atoms with van der Waals surface area (Å²) >= 11 is 0. The molecule has 0 fully saturated rings. The highest BCUT2D eigenvalue weighted by atomic mass is 32.2. The Bertz CT molecular complexity index is 415. The maximum atomic E-state index is 12.4. The molecule has 2 unspecified atom stereocenters. The molecule has 1 N–H and O–H groups in total. The third-order valence-corrected chi connectivity index (χ3v) is 4.79. The van der Waals surface area contributed by atoms with Gasteiger partial charge in [0.15, 0.2) is 0 Å². The summed E-state index contributed by atoms with van der Waals surface area (Å²) in [6, 6.07) is 6.46. The van der Waals surface area contributed by atoms with Crippen LogP contribution >= 0.6 is 0 Å². The number of benzene rings is 1. The second-order valence-electron chi connectivity index (χ2n) is 5.19. The lowest BCUT2D eigenvalue weighted by atomic mass is 10.1. The van der Waals surface area contributed by atoms with Crippen molar-refractivity contribution in [2.75, 3.05) is 12.3 Å². The monoisotopic (exact) mass is 267 g/mol. The van der Waals surface area contributed by atoms with E-state index in [2.05, 4.69) is 39.1 Å². The Morgan fingerprint density at radius 3 is 2.44 bits per heavy atom. The zero-order chi connectivity index (χ0) is 13.7. The van der Waals surface area contributed by atoms with Crippen molar-refractivity contribution in [3.8, 4) is 0 Å². The van der Waals surface area contributed by atoms with Crippen LogP contribution in [0.3, 0.4) is 0 Å². The molecule has 0 saturated heterocycles. The van der Waals surface area contributed by atoms with Gasteiger partial charge >= 0.3 is 0 Å². The Morgan fingerprint density at radius 2 is 1.94 bits per heavy atom. The fourth-order valence-corrected chi connectivity index (χ4v) is 3.70. The molecule has 1 rings (SSSR count). The van der Waals surface area contributed by atoms with Crippen molar-refractivity contribution >= 4 is 10.8 Å². The van der Waals surface area contributed by atoms with E-state index in [1.165, 1.54) is 5.56 Å². The molecule has 3 heteroatoms. The fourth-order valence-electron chi connectivity index (χ4n) is 2.06. The van der Waals surface area contributed by atoms with E-state index in [-0.39, 0.29) is 0 Å². The van der Waals surface area contributed by atoms with Gasteiger partial charge in [-0.05, 0) is 37.9 Å². The van der Waals surface area contributed by atoms with Crippen LogP contribution in [-0.2, 0) is 10.8 Å². The van der Waals surface area contributed by atoms with Gasteiger partial charge in [-0.15, -0.1) is 0 Å². The molecule has 2 nitrogen and oxygen atoms in total. The molecule has 0 heterocycles. The highest BCUT2D eigenvalue weighted by Crippen LogP contribution is 2.17. The van der Waals surface area contributed by atoms with Gasteiger partial charge in [0.05, 0.1) is 10.8 Å². The van der Waals surface area contributed by atoms with E-state index in [1.54, 1.807) is 0 Å². The fraction of sp³-hybridized carbons (Fsp3) is 0.600. The van der Waals surface area contributed by atoms with Crippen molar-refractivity contribution in [2.24, 2.45) is 5.92 Å². The highest BCUT2D eigenvalue weighted by molar-refractivity contribution is 7.85. The van der Waals surface area contributed by atoms with E-state index in [9.17, 15) is 4.21 Å². The van der Waals surface area contributed by atoms with E-state index in [0.717, 1.165) is 17.0 Å². The molecule has 0 spiro atoms. The van der Waals surface area contributed by atoms with Crippen molar-refractivity contribution in [3.63, 3.8) is 0 Å². The van der Waals surface area contributed by atoms with Crippen molar-refractivity contribution in [2.45, 2.75) is 45.6 Å². The molecule has 1 aromatic rings. The average molecular weight is 267 g/mol. The Morgan fingerprint density at radius 1 is 1.28 bits per heavy atom. The third kappa shape index (κ3) is 4.21. The first-order valence-electron chi connectivity index (χ1n) is 6.64. The first-order valence-corrected chi connectivity index (χ1v) is 7.96. The summed E-state index contributed by atoms with van der Waals surface area (Å²) in [4.78, 5) is 0.976. The van der Waals surface area contributed by atoms with Gasteiger partial charge < -0.3 is 5.32 Å². The molecular weight excluding hydrogens is 242 g/mol. The lowest BCUT2D eigenvalue weighted by Crippen LogP contribution is -2.38. The number of hydrogen-bond donors (Lipinski definition) is 1. The normalized spacial score (nSPS) is 14.8. The molecule has 0 aliphatic heterocycles. The Hall–Kier alpha value is -0.670. The molecular formula is C15H25NOS. The highest BCUT2D eigenvalue weighted by Gasteiger charge is 2.17. The van der Waals surface area contributed by atoms with Gasteiger partial charge in [-0.3, -0.25) is 4.21 Å². The van der Waals surface area contributed by atoms with E-state index in [0.29, 0.717) is 17.7 Å². The quantitative estimate of drug-likeness (QED) is 0.858. The molecule has 0 aliphatic rings. The number of aryl methyl sites for hydroxylation is 2. The summed E-state index contributed by atoms with van der Waals surface area (Å²) in [5, 5.41) is 3.42. The Kier molecular flexibility index (Phi) is 6.03. The maximum absolute atomic E-state index is 12.4. The van der Waals surface area contributed by atoms with Gasteiger partial charge in [0.2, 0.25) is 0 Å². The van der Waals surface area contributed by atoms with Crippen LogP contribution < -0.4 is 5.32 Å². The van der Waals surface area contributed by atoms with Gasteiger partial charge in [-0.25, -0.2) is 0 Å². The summed E-state index contributed by atoms with van der Waals surface area (Å²) in [5.41, 5.74) is 2.35. The van der Waals surface area contributed by atoms with Crippen LogP contribution in [0.1, 0.15) is 31.9 Å². The van der Waals surface area contributed by atoms with Gasteiger partial charge in [0.25, 0.3) is 0 Å². The van der Waals surface area contributed by atoms with Crippen molar-refractivity contribution in [1.82, 2.24) is 5.32 Å². The Balaban J connectivity index is 2.80. The zero-order valence-corrected chi connectivity index (χ0v) is 12.9. The van der Waals surface area contributed by atoms with Crippen LogP contribution in [0.4, 0.5) is 0 Å². The van der Waals surface area contributed by atoms with E-state index in [4.69, 9.17) is 0 Å². The van der Waals surface area contributed by atoms with Crippen LogP contribution in [0.5, 0.6) is 0 Å². The minimum Gasteiger partial charge on any atom is -0.313 e. The lowest BCUT2D eigenvalue weighted by molar-refractivity contribution is 0.440. The summed E-state index contributed by atoms with van der Waals surface area (Å²) in [7, 11) is -0.918. The summed E-state index contributed by atoms with van der Waals surface area (Å²) in [6.45, 7) is 11.5. The second-order valence-corrected chi connectivity index (χ2v) is 6.65. The molecule has 0 aromatic heterocycles.